The lowest BCUT2D eigenvalue weighted by Gasteiger charge is -1.96. The second kappa shape index (κ2) is 5.47. The van der Waals surface area contributed by atoms with E-state index in [2.05, 4.69) is 41.2 Å². The molecule has 19 heavy (non-hydrogen) atoms. The van der Waals surface area contributed by atoms with Gasteiger partial charge in [-0.25, -0.2) is 9.98 Å². The van der Waals surface area contributed by atoms with Crippen molar-refractivity contribution >= 4 is 34.0 Å². The van der Waals surface area contributed by atoms with Crippen LogP contribution in [0.2, 0.25) is 0 Å². The van der Waals surface area contributed by atoms with Gasteiger partial charge in [-0.2, -0.15) is 0 Å². The summed E-state index contributed by atoms with van der Waals surface area (Å²) in [6.45, 7) is 2.08. The van der Waals surface area contributed by atoms with Crippen LogP contribution in [0.25, 0.3) is 11.3 Å². The van der Waals surface area contributed by atoms with Crippen LogP contribution >= 0.6 is 22.7 Å². The molecule has 0 radical (unpaired) electrons. The average molecular weight is 284 g/mol. The van der Waals surface area contributed by atoms with E-state index in [9.17, 15) is 0 Å². The minimum Gasteiger partial charge on any atom is -0.226 e. The number of thiophene rings is 1. The van der Waals surface area contributed by atoms with Crippen LogP contribution in [-0.4, -0.2) is 11.2 Å². The van der Waals surface area contributed by atoms with Crippen LogP contribution in [0.3, 0.4) is 0 Å². The van der Waals surface area contributed by atoms with E-state index in [0.717, 1.165) is 21.3 Å². The van der Waals surface area contributed by atoms with E-state index >= 15 is 0 Å². The van der Waals surface area contributed by atoms with Gasteiger partial charge in [0, 0.05) is 22.0 Å². The Bertz CT molecular complexity index is 679. The summed E-state index contributed by atoms with van der Waals surface area (Å²) in [6.07, 6.45) is 1.86. The molecule has 0 aliphatic carbocycles. The molecule has 0 aliphatic rings. The molecule has 4 heteroatoms. The molecule has 0 fully saturated rings. The molecule has 0 aliphatic heterocycles. The molecular formula is C15H12N2S2. The molecule has 0 unspecified atom stereocenters. The van der Waals surface area contributed by atoms with Crippen molar-refractivity contribution in [3.63, 3.8) is 0 Å². The monoisotopic (exact) mass is 284 g/mol. The molecule has 0 bridgehead atoms. The molecule has 0 saturated carbocycles. The predicted molar refractivity (Wildman–Crippen MR) is 83.9 cm³/mol. The first-order valence-corrected chi connectivity index (χ1v) is 7.67. The van der Waals surface area contributed by atoms with Gasteiger partial charge < -0.3 is 0 Å². The predicted octanol–water partition coefficient (Wildman–Crippen LogP) is 4.93. The highest BCUT2D eigenvalue weighted by Crippen LogP contribution is 2.26. The molecule has 0 spiro atoms. The second-order valence-corrected chi connectivity index (χ2v) is 5.97. The molecule has 2 nitrogen and oxygen atoms in total. The highest BCUT2D eigenvalue weighted by atomic mass is 32.1. The Balaban J connectivity index is 1.81. The molecule has 94 valence electrons. The lowest BCUT2D eigenvalue weighted by Crippen LogP contribution is -1.78. The lowest BCUT2D eigenvalue weighted by atomic mass is 10.1. The molecule has 2 aromatic heterocycles. The van der Waals surface area contributed by atoms with Gasteiger partial charge >= 0.3 is 0 Å². The van der Waals surface area contributed by atoms with E-state index in [1.165, 1.54) is 5.56 Å². The number of benzene rings is 1. The summed E-state index contributed by atoms with van der Waals surface area (Å²) in [6, 6.07) is 12.5. The zero-order valence-electron chi connectivity index (χ0n) is 10.4. The number of hydrogen-bond donors (Lipinski definition) is 0. The maximum Gasteiger partial charge on any atom is 0.209 e. The van der Waals surface area contributed by atoms with E-state index in [0.29, 0.717) is 0 Å². The van der Waals surface area contributed by atoms with Gasteiger partial charge in [-0.3, -0.25) is 0 Å². The number of thiazole rings is 1. The molecule has 3 rings (SSSR count). The second-order valence-electron chi connectivity index (χ2n) is 4.15. The summed E-state index contributed by atoms with van der Waals surface area (Å²) >= 11 is 3.24. The zero-order chi connectivity index (χ0) is 13.1. The summed E-state index contributed by atoms with van der Waals surface area (Å²) in [5.74, 6) is 0. The first-order chi connectivity index (χ1) is 9.31. The highest BCUT2D eigenvalue weighted by Gasteiger charge is 2.03. The van der Waals surface area contributed by atoms with Crippen LogP contribution < -0.4 is 0 Å². The summed E-state index contributed by atoms with van der Waals surface area (Å²) in [7, 11) is 0. The van der Waals surface area contributed by atoms with E-state index in [1.54, 1.807) is 22.7 Å². The Kier molecular flexibility index (Phi) is 3.53. The molecule has 1 aromatic carbocycles. The largest absolute Gasteiger partial charge is 0.226 e. The maximum atomic E-state index is 4.53. The van der Waals surface area contributed by atoms with Gasteiger partial charge in [-0.05, 0) is 18.4 Å². The van der Waals surface area contributed by atoms with Crippen molar-refractivity contribution in [2.45, 2.75) is 6.92 Å². The van der Waals surface area contributed by atoms with Gasteiger partial charge in [0.05, 0.1) is 5.69 Å². The Morgan fingerprint density at radius 1 is 1.11 bits per heavy atom. The van der Waals surface area contributed by atoms with Crippen LogP contribution in [0.1, 0.15) is 10.4 Å². The fourth-order valence-electron chi connectivity index (χ4n) is 1.66. The number of aliphatic imine (C=N–C) groups is 1. The minimum absolute atomic E-state index is 0.795. The van der Waals surface area contributed by atoms with Crippen LogP contribution in [0, 0.1) is 6.92 Å². The Morgan fingerprint density at radius 3 is 2.68 bits per heavy atom. The van der Waals surface area contributed by atoms with Crippen molar-refractivity contribution in [2.75, 3.05) is 0 Å². The molecule has 0 saturated heterocycles. The van der Waals surface area contributed by atoms with Crippen molar-refractivity contribution < 1.29 is 0 Å². The van der Waals surface area contributed by atoms with Crippen molar-refractivity contribution in [1.82, 2.24) is 4.98 Å². The fourth-order valence-corrected chi connectivity index (χ4v) is 2.92. The van der Waals surface area contributed by atoms with Gasteiger partial charge in [0.2, 0.25) is 5.13 Å². The summed E-state index contributed by atoms with van der Waals surface area (Å²) in [5.41, 5.74) is 3.39. The van der Waals surface area contributed by atoms with Gasteiger partial charge in [0.15, 0.2) is 0 Å². The molecule has 2 heterocycles. The van der Waals surface area contributed by atoms with E-state index < -0.39 is 0 Å². The molecular weight excluding hydrogens is 272 g/mol. The van der Waals surface area contributed by atoms with Crippen LogP contribution in [0.5, 0.6) is 0 Å². The third-order valence-corrected chi connectivity index (χ3v) is 4.24. The molecule has 0 atom stereocenters. The zero-order valence-corrected chi connectivity index (χ0v) is 12.0. The standard InChI is InChI=1S/C15H12N2S2/c1-11-4-6-12(7-5-11)14-10-19-15(17-14)16-9-13-3-2-8-18-13/h2-10H,1H3. The van der Waals surface area contributed by atoms with E-state index in [-0.39, 0.29) is 0 Å². The molecule has 3 aromatic rings. The minimum atomic E-state index is 0.795. The maximum absolute atomic E-state index is 4.53. The Hall–Kier alpha value is -1.78. The third-order valence-electron chi connectivity index (χ3n) is 2.68. The normalized spacial score (nSPS) is 11.2. The van der Waals surface area contributed by atoms with E-state index in [4.69, 9.17) is 0 Å². The number of nitrogens with zero attached hydrogens (tertiary/aromatic N) is 2. The van der Waals surface area contributed by atoms with Crippen molar-refractivity contribution in [1.29, 1.82) is 0 Å². The van der Waals surface area contributed by atoms with Gasteiger partial charge in [0.1, 0.15) is 0 Å². The SMILES string of the molecule is Cc1ccc(-c2csc(N=Cc3cccs3)n2)cc1. The summed E-state index contributed by atoms with van der Waals surface area (Å²) < 4.78 is 0. The van der Waals surface area contributed by atoms with Crippen molar-refractivity contribution in [3.8, 4) is 11.3 Å². The summed E-state index contributed by atoms with van der Waals surface area (Å²) in [4.78, 5) is 10.1. The number of aromatic nitrogens is 1. The van der Waals surface area contributed by atoms with Crippen molar-refractivity contribution in [2.24, 2.45) is 4.99 Å². The van der Waals surface area contributed by atoms with E-state index in [1.807, 2.05) is 29.1 Å². The van der Waals surface area contributed by atoms with Crippen LogP contribution in [0.4, 0.5) is 5.13 Å². The lowest BCUT2D eigenvalue weighted by molar-refractivity contribution is 1.35. The Labute approximate surface area is 120 Å². The van der Waals surface area contributed by atoms with Crippen molar-refractivity contribution in [3.05, 3.63) is 57.6 Å². The highest BCUT2D eigenvalue weighted by molar-refractivity contribution is 7.14. The smallest absolute Gasteiger partial charge is 0.209 e. The first-order valence-electron chi connectivity index (χ1n) is 5.91. The van der Waals surface area contributed by atoms with Gasteiger partial charge in [-0.1, -0.05) is 35.9 Å². The fraction of sp³-hybridized carbons (Fsp3) is 0.0667. The van der Waals surface area contributed by atoms with Gasteiger partial charge in [-0.15, -0.1) is 22.7 Å². The first kappa shape index (κ1) is 12.3. The number of rotatable bonds is 3. The molecule has 0 amide bonds. The van der Waals surface area contributed by atoms with Gasteiger partial charge in [0.25, 0.3) is 0 Å². The topological polar surface area (TPSA) is 25.2 Å². The summed E-state index contributed by atoms with van der Waals surface area (Å²) in [5, 5.41) is 4.89. The molecule has 0 N–H and O–H groups in total. The Morgan fingerprint density at radius 2 is 1.95 bits per heavy atom. The third kappa shape index (κ3) is 2.97. The van der Waals surface area contributed by atoms with Crippen LogP contribution in [-0.2, 0) is 0 Å². The number of hydrogen-bond acceptors (Lipinski definition) is 4. The number of aryl methyl sites for hydroxylation is 1. The quantitative estimate of drug-likeness (QED) is 0.626. The average Bonchev–Trinajstić information content (AvgIpc) is 3.09. The van der Waals surface area contributed by atoms with Crippen LogP contribution in [0.15, 0.2) is 52.2 Å².